The first-order chi connectivity index (χ1) is 3.92. The van der Waals surface area contributed by atoms with E-state index in [9.17, 15) is 0 Å². The zero-order valence-electron chi connectivity index (χ0n) is 7.14. The Morgan fingerprint density at radius 2 is 1.80 bits per heavy atom. The molecule has 0 aromatic rings. The molecule has 1 unspecified atom stereocenters. The zero-order chi connectivity index (χ0) is 7.49. The van der Waals surface area contributed by atoms with Gasteiger partial charge in [-0.3, -0.25) is 0 Å². The van der Waals surface area contributed by atoms with E-state index in [0.29, 0.717) is 6.61 Å². The second-order valence-corrected chi connectivity index (χ2v) is 3.27. The van der Waals surface area contributed by atoms with E-state index >= 15 is 0 Å². The number of aliphatic hydroxyl groups excluding tert-OH is 1. The van der Waals surface area contributed by atoms with Gasteiger partial charge in [-0.05, 0) is 27.7 Å². The molecule has 0 heterocycles. The minimum absolute atomic E-state index is 0. The molecule has 0 aliphatic carbocycles. The first kappa shape index (κ1) is 12.5. The zero-order valence-corrected chi connectivity index (χ0v) is 7.14. The highest BCUT2D eigenvalue weighted by molar-refractivity contribution is 4.59. The van der Waals surface area contributed by atoms with Gasteiger partial charge < -0.3 is 15.3 Å². The number of hydrogen-bond donors (Lipinski definition) is 1. The first-order valence-electron chi connectivity index (χ1n) is 3.24. The fourth-order valence-electron chi connectivity index (χ4n) is 0.371. The van der Waals surface area contributed by atoms with Gasteiger partial charge in [0, 0.05) is 0 Å². The molecule has 0 aliphatic heterocycles. The maximum Gasteiger partial charge on any atom is 0.0745 e. The summed E-state index contributed by atoms with van der Waals surface area (Å²) in [4.78, 5) is 0. The van der Waals surface area contributed by atoms with Crippen molar-refractivity contribution in [2.24, 2.45) is 0 Å². The van der Waals surface area contributed by atoms with E-state index in [1.165, 1.54) is 0 Å². The molecule has 0 saturated heterocycles. The average Bonchev–Trinajstić information content (AvgIpc) is 1.59. The van der Waals surface area contributed by atoms with E-state index in [1.54, 1.807) is 6.92 Å². The lowest BCUT2D eigenvalue weighted by Crippen LogP contribution is -2.24. The third-order valence-corrected chi connectivity index (χ3v) is 0.758. The molecule has 0 aromatic carbocycles. The van der Waals surface area contributed by atoms with Gasteiger partial charge in [-0.25, -0.2) is 0 Å². The molecule has 3 N–H and O–H groups in total. The van der Waals surface area contributed by atoms with Gasteiger partial charge in [0.25, 0.3) is 0 Å². The second kappa shape index (κ2) is 4.66. The summed E-state index contributed by atoms with van der Waals surface area (Å²) in [6, 6.07) is 0. The van der Waals surface area contributed by atoms with E-state index in [2.05, 4.69) is 0 Å². The minimum Gasteiger partial charge on any atom is -0.412 e. The van der Waals surface area contributed by atoms with Gasteiger partial charge in [0.1, 0.15) is 0 Å². The summed E-state index contributed by atoms with van der Waals surface area (Å²) < 4.78 is 5.24. The lowest BCUT2D eigenvalue weighted by Gasteiger charge is -2.20. The lowest BCUT2D eigenvalue weighted by atomic mass is 10.2. The Kier molecular flexibility index (Phi) is 5.84. The van der Waals surface area contributed by atoms with Gasteiger partial charge in [-0.15, -0.1) is 0 Å². The van der Waals surface area contributed by atoms with Crippen LogP contribution in [-0.4, -0.2) is 28.9 Å². The average molecular weight is 150 g/mol. The van der Waals surface area contributed by atoms with Gasteiger partial charge in [0.05, 0.1) is 18.3 Å². The van der Waals surface area contributed by atoms with Crippen LogP contribution in [0.1, 0.15) is 27.7 Å². The standard InChI is InChI=1S/C7H16O2.H2O/c1-6(8)5-9-7(2,3)4;/h6,8H,5H2,1-4H3;1H2. The van der Waals surface area contributed by atoms with Gasteiger partial charge >= 0.3 is 0 Å². The van der Waals surface area contributed by atoms with E-state index < -0.39 is 0 Å². The third kappa shape index (κ3) is 10.8. The summed E-state index contributed by atoms with van der Waals surface area (Å²) in [6.45, 7) is 8.04. The SMILES string of the molecule is CC(O)COC(C)(C)C.O. The van der Waals surface area contributed by atoms with E-state index in [0.717, 1.165) is 0 Å². The summed E-state index contributed by atoms with van der Waals surface area (Å²) in [6.07, 6.45) is -0.357. The van der Waals surface area contributed by atoms with E-state index in [1.807, 2.05) is 20.8 Å². The Morgan fingerprint density at radius 1 is 1.40 bits per heavy atom. The van der Waals surface area contributed by atoms with Gasteiger partial charge in [-0.1, -0.05) is 0 Å². The molecule has 3 nitrogen and oxygen atoms in total. The van der Waals surface area contributed by atoms with Crippen LogP contribution >= 0.6 is 0 Å². The molecule has 0 bridgehead atoms. The fourth-order valence-corrected chi connectivity index (χ4v) is 0.371. The largest absolute Gasteiger partial charge is 0.412 e. The molecule has 0 aromatic heterocycles. The van der Waals surface area contributed by atoms with Crippen molar-refractivity contribution in [3.63, 3.8) is 0 Å². The van der Waals surface area contributed by atoms with Crippen molar-refractivity contribution >= 4 is 0 Å². The molecule has 64 valence electrons. The Hall–Kier alpha value is -0.120. The summed E-state index contributed by atoms with van der Waals surface area (Å²) in [5.41, 5.74) is -0.128. The highest BCUT2D eigenvalue weighted by Crippen LogP contribution is 2.06. The lowest BCUT2D eigenvalue weighted by molar-refractivity contribution is -0.0436. The van der Waals surface area contributed by atoms with Crippen molar-refractivity contribution in [1.82, 2.24) is 0 Å². The molecule has 0 spiro atoms. The maximum absolute atomic E-state index is 8.79. The van der Waals surface area contributed by atoms with Crippen LogP contribution in [-0.2, 0) is 4.74 Å². The summed E-state index contributed by atoms with van der Waals surface area (Å²) >= 11 is 0. The van der Waals surface area contributed by atoms with Gasteiger partial charge in [-0.2, -0.15) is 0 Å². The van der Waals surface area contributed by atoms with E-state index in [-0.39, 0.29) is 17.2 Å². The van der Waals surface area contributed by atoms with Crippen LogP contribution < -0.4 is 0 Å². The van der Waals surface area contributed by atoms with Crippen molar-refractivity contribution in [3.05, 3.63) is 0 Å². The van der Waals surface area contributed by atoms with Crippen molar-refractivity contribution < 1.29 is 15.3 Å². The Morgan fingerprint density at radius 3 is 1.90 bits per heavy atom. The molecule has 0 radical (unpaired) electrons. The van der Waals surface area contributed by atoms with Crippen LogP contribution in [0.5, 0.6) is 0 Å². The monoisotopic (exact) mass is 150 g/mol. The van der Waals surface area contributed by atoms with Gasteiger partial charge in [0.2, 0.25) is 0 Å². The second-order valence-electron chi connectivity index (χ2n) is 3.27. The predicted molar refractivity (Wildman–Crippen MR) is 41.0 cm³/mol. The summed E-state index contributed by atoms with van der Waals surface area (Å²) in [5, 5.41) is 8.79. The molecule has 0 saturated carbocycles. The van der Waals surface area contributed by atoms with E-state index in [4.69, 9.17) is 9.84 Å². The number of aliphatic hydroxyl groups is 1. The normalized spacial score (nSPS) is 14.1. The number of rotatable bonds is 2. The molecule has 0 amide bonds. The highest BCUT2D eigenvalue weighted by Gasteiger charge is 2.10. The molecule has 0 fully saturated rings. The first-order valence-corrected chi connectivity index (χ1v) is 3.24. The van der Waals surface area contributed by atoms with Crippen molar-refractivity contribution in [3.8, 4) is 0 Å². The minimum atomic E-state index is -0.357. The van der Waals surface area contributed by atoms with Crippen LogP contribution in [0.3, 0.4) is 0 Å². The van der Waals surface area contributed by atoms with Crippen LogP contribution in [0.15, 0.2) is 0 Å². The Balaban J connectivity index is 0. The summed E-state index contributed by atoms with van der Waals surface area (Å²) in [5.74, 6) is 0. The maximum atomic E-state index is 8.79. The predicted octanol–water partition coefficient (Wildman–Crippen LogP) is 0.358. The highest BCUT2D eigenvalue weighted by atomic mass is 16.5. The van der Waals surface area contributed by atoms with Crippen LogP contribution in [0.2, 0.25) is 0 Å². The van der Waals surface area contributed by atoms with Gasteiger partial charge in [0.15, 0.2) is 0 Å². The topological polar surface area (TPSA) is 61.0 Å². The molecular formula is C7H18O3. The fraction of sp³-hybridized carbons (Fsp3) is 1.00. The Bertz CT molecular complexity index is 73.4. The smallest absolute Gasteiger partial charge is 0.0745 e. The van der Waals surface area contributed by atoms with Crippen LogP contribution in [0.4, 0.5) is 0 Å². The van der Waals surface area contributed by atoms with Crippen LogP contribution in [0.25, 0.3) is 0 Å². The molecule has 10 heavy (non-hydrogen) atoms. The molecule has 3 heteroatoms. The third-order valence-electron chi connectivity index (χ3n) is 0.758. The molecule has 0 rings (SSSR count). The van der Waals surface area contributed by atoms with Crippen molar-refractivity contribution in [2.75, 3.05) is 6.61 Å². The molecule has 1 atom stereocenters. The Labute approximate surface area is 62.3 Å². The molecule has 0 aliphatic rings. The quantitative estimate of drug-likeness (QED) is 0.617. The van der Waals surface area contributed by atoms with Crippen molar-refractivity contribution in [2.45, 2.75) is 39.4 Å². The summed E-state index contributed by atoms with van der Waals surface area (Å²) in [7, 11) is 0. The van der Waals surface area contributed by atoms with Crippen molar-refractivity contribution in [1.29, 1.82) is 0 Å². The number of hydrogen-bond acceptors (Lipinski definition) is 2. The number of ether oxygens (including phenoxy) is 1. The van der Waals surface area contributed by atoms with Crippen LogP contribution in [0, 0.1) is 0 Å². The molecular weight excluding hydrogens is 132 g/mol.